The molecule has 2 aromatic carbocycles. The van der Waals surface area contributed by atoms with Crippen LogP contribution in [0.15, 0.2) is 41.5 Å². The normalized spacial score (nSPS) is 14.6. The van der Waals surface area contributed by atoms with Crippen molar-refractivity contribution in [2.45, 2.75) is 6.61 Å². The van der Waals surface area contributed by atoms with Crippen LogP contribution in [0, 0.1) is 0 Å². The van der Waals surface area contributed by atoms with Gasteiger partial charge in [-0.2, -0.15) is 5.10 Å². The van der Waals surface area contributed by atoms with Crippen LogP contribution in [0.3, 0.4) is 0 Å². The van der Waals surface area contributed by atoms with E-state index < -0.39 is 0 Å². The summed E-state index contributed by atoms with van der Waals surface area (Å²) in [5, 5.41) is 5.00. The number of rotatable bonds is 8. The number of carbonyl (C=O) groups excluding carboxylic acids is 1. The highest BCUT2D eigenvalue weighted by Crippen LogP contribution is 2.29. The van der Waals surface area contributed by atoms with E-state index in [0.717, 1.165) is 24.2 Å². The van der Waals surface area contributed by atoms with Gasteiger partial charge in [-0.3, -0.25) is 9.69 Å². The van der Waals surface area contributed by atoms with Gasteiger partial charge in [-0.05, 0) is 41.5 Å². The molecule has 0 saturated carbocycles. The first-order valence-electron chi connectivity index (χ1n) is 9.42. The Bertz CT molecular complexity index is 902. The maximum atomic E-state index is 12.0. The number of nitrogens with one attached hydrogen (secondary N) is 1. The molecule has 1 heterocycles. The SMILES string of the molecule is COc1cc(/C=N/NC(=O)CN2CCOCC2)ccc1OCc1ccc(Cl)c(Cl)c1. The molecule has 3 rings (SSSR count). The fourth-order valence-electron chi connectivity index (χ4n) is 2.85. The van der Waals surface area contributed by atoms with E-state index in [0.29, 0.717) is 47.9 Å². The highest BCUT2D eigenvalue weighted by Gasteiger charge is 2.13. The van der Waals surface area contributed by atoms with E-state index in [1.54, 1.807) is 37.6 Å². The number of ether oxygens (including phenoxy) is 3. The zero-order valence-corrected chi connectivity index (χ0v) is 18.1. The monoisotopic (exact) mass is 451 g/mol. The Morgan fingerprint density at radius 3 is 2.70 bits per heavy atom. The van der Waals surface area contributed by atoms with E-state index in [4.69, 9.17) is 37.4 Å². The summed E-state index contributed by atoms with van der Waals surface area (Å²) in [7, 11) is 1.56. The highest BCUT2D eigenvalue weighted by atomic mass is 35.5. The summed E-state index contributed by atoms with van der Waals surface area (Å²) < 4.78 is 16.5. The van der Waals surface area contributed by atoms with Crippen molar-refractivity contribution in [1.29, 1.82) is 0 Å². The van der Waals surface area contributed by atoms with Crippen molar-refractivity contribution in [1.82, 2.24) is 10.3 Å². The van der Waals surface area contributed by atoms with Crippen LogP contribution in [0.1, 0.15) is 11.1 Å². The smallest absolute Gasteiger partial charge is 0.254 e. The van der Waals surface area contributed by atoms with Gasteiger partial charge < -0.3 is 14.2 Å². The summed E-state index contributed by atoms with van der Waals surface area (Å²) in [6, 6.07) is 10.7. The molecule has 1 fully saturated rings. The Kier molecular flexibility index (Phi) is 8.33. The minimum absolute atomic E-state index is 0.165. The molecule has 1 aliphatic heterocycles. The quantitative estimate of drug-likeness (QED) is 0.491. The minimum atomic E-state index is -0.165. The van der Waals surface area contributed by atoms with E-state index in [1.807, 2.05) is 17.0 Å². The number of hydrazone groups is 1. The van der Waals surface area contributed by atoms with Gasteiger partial charge >= 0.3 is 0 Å². The number of halogens is 2. The molecule has 160 valence electrons. The topological polar surface area (TPSA) is 72.4 Å². The van der Waals surface area contributed by atoms with Gasteiger partial charge in [0.05, 0.1) is 43.1 Å². The fraction of sp³-hybridized carbons (Fsp3) is 0.333. The molecular weight excluding hydrogens is 429 g/mol. The number of hydrogen-bond donors (Lipinski definition) is 1. The summed E-state index contributed by atoms with van der Waals surface area (Å²) >= 11 is 12.0. The first-order valence-corrected chi connectivity index (χ1v) is 10.2. The van der Waals surface area contributed by atoms with Crippen LogP contribution in [-0.4, -0.2) is 57.0 Å². The van der Waals surface area contributed by atoms with E-state index in [9.17, 15) is 4.79 Å². The molecule has 0 spiro atoms. The highest BCUT2D eigenvalue weighted by molar-refractivity contribution is 6.42. The standard InChI is InChI=1S/C21H23Cl2N3O4/c1-28-20-11-15(12-24-25-21(27)13-26-6-8-29-9-7-26)3-5-19(20)30-14-16-2-4-17(22)18(23)10-16/h2-5,10-12H,6-9,13-14H2,1H3,(H,25,27)/b24-12+. The van der Waals surface area contributed by atoms with E-state index in [-0.39, 0.29) is 5.91 Å². The van der Waals surface area contributed by atoms with Crippen molar-refractivity contribution >= 4 is 35.3 Å². The Morgan fingerprint density at radius 1 is 1.17 bits per heavy atom. The maximum absolute atomic E-state index is 12.0. The number of amides is 1. The molecule has 0 bridgehead atoms. The molecule has 2 aromatic rings. The average Bonchev–Trinajstić information content (AvgIpc) is 2.75. The summed E-state index contributed by atoms with van der Waals surface area (Å²) in [5.74, 6) is 0.970. The second-order valence-electron chi connectivity index (χ2n) is 6.63. The predicted molar refractivity (Wildman–Crippen MR) is 117 cm³/mol. The first kappa shape index (κ1) is 22.4. The molecule has 0 unspecified atom stereocenters. The molecule has 0 aliphatic carbocycles. The van der Waals surface area contributed by atoms with Crippen LogP contribution in [0.2, 0.25) is 10.0 Å². The summed E-state index contributed by atoms with van der Waals surface area (Å²) in [6.45, 7) is 3.41. The number of methoxy groups -OCH3 is 1. The average molecular weight is 452 g/mol. The molecule has 0 radical (unpaired) electrons. The van der Waals surface area contributed by atoms with Gasteiger partial charge in [0.15, 0.2) is 11.5 Å². The van der Waals surface area contributed by atoms with Gasteiger partial charge in [0.2, 0.25) is 0 Å². The molecule has 1 aliphatic rings. The molecule has 9 heteroatoms. The van der Waals surface area contributed by atoms with Gasteiger partial charge in [-0.1, -0.05) is 29.3 Å². The minimum Gasteiger partial charge on any atom is -0.493 e. The zero-order chi connectivity index (χ0) is 21.3. The number of nitrogens with zero attached hydrogens (tertiary/aromatic N) is 2. The van der Waals surface area contributed by atoms with Crippen LogP contribution in [0.5, 0.6) is 11.5 Å². The number of hydrogen-bond acceptors (Lipinski definition) is 6. The summed E-state index contributed by atoms with van der Waals surface area (Å²) in [6.07, 6.45) is 1.56. The lowest BCUT2D eigenvalue weighted by Gasteiger charge is -2.25. The molecule has 30 heavy (non-hydrogen) atoms. The molecule has 0 aromatic heterocycles. The maximum Gasteiger partial charge on any atom is 0.254 e. The second kappa shape index (κ2) is 11.2. The molecular formula is C21H23Cl2N3O4. The van der Waals surface area contributed by atoms with E-state index in [2.05, 4.69) is 10.5 Å². The van der Waals surface area contributed by atoms with Crippen LogP contribution in [-0.2, 0) is 16.1 Å². The van der Waals surface area contributed by atoms with Gasteiger partial charge in [0.1, 0.15) is 6.61 Å². The van der Waals surface area contributed by atoms with Crippen LogP contribution < -0.4 is 14.9 Å². The predicted octanol–water partition coefficient (Wildman–Crippen LogP) is 3.36. The first-order chi connectivity index (χ1) is 14.5. The zero-order valence-electron chi connectivity index (χ0n) is 16.6. The Labute approximate surface area is 185 Å². The summed E-state index contributed by atoms with van der Waals surface area (Å²) in [5.41, 5.74) is 4.19. The number of morpholine rings is 1. The van der Waals surface area contributed by atoms with Crippen molar-refractivity contribution in [3.63, 3.8) is 0 Å². The lowest BCUT2D eigenvalue weighted by molar-refractivity contribution is -0.123. The number of benzene rings is 2. The van der Waals surface area contributed by atoms with Crippen molar-refractivity contribution < 1.29 is 19.0 Å². The third kappa shape index (κ3) is 6.60. The molecule has 7 nitrogen and oxygen atoms in total. The lowest BCUT2D eigenvalue weighted by Crippen LogP contribution is -2.42. The Balaban J connectivity index is 1.54. The fourth-order valence-corrected chi connectivity index (χ4v) is 3.17. The number of carbonyl (C=O) groups is 1. The molecule has 1 saturated heterocycles. The van der Waals surface area contributed by atoms with Crippen molar-refractivity contribution in [3.8, 4) is 11.5 Å². The largest absolute Gasteiger partial charge is 0.493 e. The van der Waals surface area contributed by atoms with E-state index >= 15 is 0 Å². The van der Waals surface area contributed by atoms with Crippen molar-refractivity contribution in [3.05, 3.63) is 57.6 Å². The van der Waals surface area contributed by atoms with Crippen molar-refractivity contribution in [2.24, 2.45) is 5.10 Å². The van der Waals surface area contributed by atoms with Crippen LogP contribution in [0.25, 0.3) is 0 Å². The van der Waals surface area contributed by atoms with Crippen LogP contribution in [0.4, 0.5) is 0 Å². The molecule has 0 atom stereocenters. The second-order valence-corrected chi connectivity index (χ2v) is 7.44. The molecule has 1 amide bonds. The summed E-state index contributed by atoms with van der Waals surface area (Å²) in [4.78, 5) is 14.0. The molecule has 1 N–H and O–H groups in total. The van der Waals surface area contributed by atoms with Crippen molar-refractivity contribution in [2.75, 3.05) is 40.0 Å². The third-order valence-electron chi connectivity index (χ3n) is 4.44. The lowest BCUT2D eigenvalue weighted by atomic mass is 10.2. The van der Waals surface area contributed by atoms with Gasteiger partial charge in [-0.25, -0.2) is 5.43 Å². The van der Waals surface area contributed by atoms with Gasteiger partial charge in [0, 0.05) is 13.1 Å². The Hall–Kier alpha value is -2.32. The van der Waals surface area contributed by atoms with E-state index in [1.165, 1.54) is 0 Å². The third-order valence-corrected chi connectivity index (χ3v) is 5.18. The van der Waals surface area contributed by atoms with Gasteiger partial charge in [0.25, 0.3) is 5.91 Å². The Morgan fingerprint density at radius 2 is 1.97 bits per heavy atom. The van der Waals surface area contributed by atoms with Gasteiger partial charge in [-0.15, -0.1) is 0 Å². The van der Waals surface area contributed by atoms with Crippen LogP contribution >= 0.6 is 23.2 Å².